The quantitative estimate of drug-likeness (QED) is 0.0150. The molecule has 20 nitrogen and oxygen atoms in total. The molecule has 0 saturated carbocycles. The SMILES string of the molecule is CCC(=C[SiH2]c1ccc(C(=O)OOC(=O)OCCC(COC(=O)OOC(=O)c2ccc([SiH2]C=C(CC)CC)cc2)C(CCOC(=O)OOC(=O)c2ccc([SiH2]C=C(CC)CC)cc2)COC(=O)OOC(=O)c2ccc([SiH2]C=C(CC)CC)cc2)cc1)CC. The van der Waals surface area contributed by atoms with E-state index < -0.39 is 125 Å². The van der Waals surface area contributed by atoms with Crippen LogP contribution in [0.1, 0.15) is 161 Å². The lowest BCUT2D eigenvalue weighted by Gasteiger charge is -2.25. The maximum Gasteiger partial charge on any atom is 0.549 e. The van der Waals surface area contributed by atoms with E-state index in [1.54, 1.807) is 97.1 Å². The maximum atomic E-state index is 13.0. The predicted molar refractivity (Wildman–Crippen MR) is 341 cm³/mol. The van der Waals surface area contributed by atoms with Crippen LogP contribution in [0.3, 0.4) is 0 Å². The zero-order valence-corrected chi connectivity index (χ0v) is 57.3. The Bertz CT molecular complexity index is 2790. The molecule has 4 aromatic rings. The van der Waals surface area contributed by atoms with Crippen LogP contribution in [0.2, 0.25) is 0 Å². The molecule has 0 bridgehead atoms. The summed E-state index contributed by atoms with van der Waals surface area (Å²) in [5.41, 5.74) is 14.9. The summed E-state index contributed by atoms with van der Waals surface area (Å²) in [4.78, 5) is 141. The number of carbonyl (C=O) groups is 8. The minimum atomic E-state index is -1.48. The summed E-state index contributed by atoms with van der Waals surface area (Å²) in [6, 6.07) is 26.8. The van der Waals surface area contributed by atoms with E-state index in [-0.39, 0.29) is 35.1 Å². The smallest absolute Gasteiger partial charge is 0.432 e. The summed E-state index contributed by atoms with van der Waals surface area (Å²) in [7, 11) is -2.93. The summed E-state index contributed by atoms with van der Waals surface area (Å²) >= 11 is 0. The van der Waals surface area contributed by atoms with Crippen LogP contribution >= 0.6 is 0 Å². The Kier molecular flexibility index (Phi) is 33.6. The zero-order chi connectivity index (χ0) is 64.1. The minimum Gasteiger partial charge on any atom is -0.432 e. The monoisotopic (exact) mass is 1280 g/mol. The molecule has 4 rings (SSSR count). The number of benzene rings is 4. The molecule has 88 heavy (non-hydrogen) atoms. The molecule has 2 atom stereocenters. The molecule has 2 unspecified atom stereocenters. The number of rotatable bonds is 31. The molecule has 0 spiro atoms. The second kappa shape index (κ2) is 40.9. The normalized spacial score (nSPS) is 11.7. The van der Waals surface area contributed by atoms with E-state index in [1.807, 2.05) is 0 Å². The standard InChI is InChI=1S/C64H82O20Si4/c1-9-43(10-2)39-85-53-25-17-47(18-26-53)57(65)77-81-61(69)73-35-33-51(37-75-63(71)83-79-59(67)49-21-29-55(30-22-49)87-41-45(13-5)14-6)52(38-76-64(72)84-80-60(68)50-23-31-56(32-24-50)88-42-46(15-7)16-8)34-36-74-62(70)82-78-58(66)48-19-27-54(28-20-48)86-40-44(11-3)12-4/h17-32,39-42,51-52H,9-16,33-38,85-88H2,1-8H3. The van der Waals surface area contributed by atoms with Crippen molar-refractivity contribution < 1.29 is 96.4 Å². The number of ether oxygens (including phenoxy) is 4. The molecule has 0 aliphatic carbocycles. The van der Waals surface area contributed by atoms with E-state index in [2.05, 4.69) is 88.0 Å². The van der Waals surface area contributed by atoms with Gasteiger partial charge in [0.1, 0.15) is 0 Å². The van der Waals surface area contributed by atoms with Gasteiger partial charge in [0.05, 0.1) is 86.8 Å². The summed E-state index contributed by atoms with van der Waals surface area (Å²) in [5.74, 6) is -6.00. The first-order valence-electron chi connectivity index (χ1n) is 29.8. The van der Waals surface area contributed by atoms with Crippen molar-refractivity contribution in [3.8, 4) is 0 Å². The summed E-state index contributed by atoms with van der Waals surface area (Å²) in [5, 5.41) is 4.32. The van der Waals surface area contributed by atoms with E-state index in [1.165, 1.54) is 22.3 Å². The molecular weight excluding hydrogens is 1200 g/mol. The summed E-state index contributed by atoms with van der Waals surface area (Å²) in [6.45, 7) is 14.5. The molecule has 474 valence electrons. The van der Waals surface area contributed by atoms with Crippen molar-refractivity contribution >= 4 is 107 Å². The molecule has 4 aromatic carbocycles. The number of hydrogen-bond donors (Lipinski definition) is 0. The highest BCUT2D eigenvalue weighted by Gasteiger charge is 2.29. The van der Waals surface area contributed by atoms with Crippen LogP contribution in [-0.4, -0.2) is 113 Å². The summed E-state index contributed by atoms with van der Waals surface area (Å²) < 4.78 is 21.1. The van der Waals surface area contributed by atoms with Crippen molar-refractivity contribution in [3.05, 3.63) is 164 Å². The van der Waals surface area contributed by atoms with Gasteiger partial charge in [-0.05, 0) is 113 Å². The van der Waals surface area contributed by atoms with Gasteiger partial charge in [0.25, 0.3) is 0 Å². The van der Waals surface area contributed by atoms with E-state index in [4.69, 9.17) is 48.3 Å². The van der Waals surface area contributed by atoms with Crippen molar-refractivity contribution in [2.24, 2.45) is 11.8 Å². The van der Waals surface area contributed by atoms with Crippen LogP contribution < -0.4 is 20.7 Å². The van der Waals surface area contributed by atoms with Gasteiger partial charge in [-0.1, -0.05) is 170 Å². The van der Waals surface area contributed by atoms with Gasteiger partial charge in [0, 0.05) is 11.8 Å². The second-order valence-corrected chi connectivity index (χ2v) is 26.6. The Morgan fingerprint density at radius 2 is 0.511 bits per heavy atom. The fourth-order valence-corrected chi connectivity index (χ4v) is 15.2. The first-order chi connectivity index (χ1) is 42.5. The van der Waals surface area contributed by atoms with Crippen molar-refractivity contribution in [2.75, 3.05) is 26.4 Å². The lowest BCUT2D eigenvalue weighted by atomic mass is 9.88. The molecule has 0 saturated heterocycles. The molecule has 0 radical (unpaired) electrons. The fraction of sp³-hybridized carbons (Fsp3) is 0.375. The topological polar surface area (TPSA) is 247 Å². The Hall–Kier alpha value is -8.33. The van der Waals surface area contributed by atoms with Gasteiger partial charge >= 0.3 is 48.5 Å². The van der Waals surface area contributed by atoms with Gasteiger partial charge in [0.15, 0.2) is 0 Å². The Morgan fingerprint density at radius 3 is 0.716 bits per heavy atom. The van der Waals surface area contributed by atoms with Crippen molar-refractivity contribution in [1.29, 1.82) is 0 Å². The number of carbonyl (C=O) groups excluding carboxylic acids is 8. The fourth-order valence-electron chi connectivity index (χ4n) is 8.73. The Morgan fingerprint density at radius 1 is 0.307 bits per heavy atom. The molecule has 0 aliphatic heterocycles. The molecule has 0 heterocycles. The highest BCUT2D eigenvalue weighted by atomic mass is 28.2. The zero-order valence-electron chi connectivity index (χ0n) is 51.6. The van der Waals surface area contributed by atoms with Gasteiger partial charge in [-0.25, -0.2) is 58.3 Å². The lowest BCUT2D eigenvalue weighted by molar-refractivity contribution is -0.208. The molecule has 0 amide bonds. The van der Waals surface area contributed by atoms with Crippen LogP contribution in [0.15, 0.2) is 142 Å². The number of allylic oxidation sites excluding steroid dienone is 4. The molecule has 24 heteroatoms. The van der Waals surface area contributed by atoms with Gasteiger partial charge in [-0.15, -0.1) is 0 Å². The molecule has 0 aliphatic rings. The molecule has 0 fully saturated rings. The van der Waals surface area contributed by atoms with E-state index in [9.17, 15) is 38.4 Å². The average molecular weight is 1280 g/mol. The van der Waals surface area contributed by atoms with Crippen molar-refractivity contribution in [3.63, 3.8) is 0 Å². The Labute approximate surface area is 523 Å². The van der Waals surface area contributed by atoms with Gasteiger partial charge in [-0.3, -0.25) is 0 Å². The summed E-state index contributed by atoms with van der Waals surface area (Å²) in [6.07, 6.45) is 1.36. The van der Waals surface area contributed by atoms with Gasteiger partial charge in [-0.2, -0.15) is 19.2 Å². The van der Waals surface area contributed by atoms with Crippen LogP contribution in [0.25, 0.3) is 0 Å². The number of hydrogen-bond acceptors (Lipinski definition) is 20. The Balaban J connectivity index is 1.48. The first-order valence-corrected chi connectivity index (χ1v) is 35.9. The van der Waals surface area contributed by atoms with Gasteiger partial charge < -0.3 is 18.9 Å². The third-order valence-electron chi connectivity index (χ3n) is 14.6. The predicted octanol–water partition coefficient (Wildman–Crippen LogP) is 8.69. The highest BCUT2D eigenvalue weighted by molar-refractivity contribution is 6.60. The minimum absolute atomic E-state index is 0.0912. The highest BCUT2D eigenvalue weighted by Crippen LogP contribution is 2.23. The van der Waals surface area contributed by atoms with E-state index >= 15 is 0 Å². The maximum absolute atomic E-state index is 13.0. The van der Waals surface area contributed by atoms with Crippen molar-refractivity contribution in [1.82, 2.24) is 0 Å². The second-order valence-electron chi connectivity index (χ2n) is 20.1. The molecule has 0 N–H and O–H groups in total. The van der Waals surface area contributed by atoms with E-state index in [0.29, 0.717) is 0 Å². The van der Waals surface area contributed by atoms with Crippen LogP contribution in [-0.2, 0) is 58.0 Å². The lowest BCUT2D eigenvalue weighted by Crippen LogP contribution is -2.30. The molecule has 0 aromatic heterocycles. The van der Waals surface area contributed by atoms with Crippen molar-refractivity contribution in [2.45, 2.75) is 120 Å². The van der Waals surface area contributed by atoms with Gasteiger partial charge in [0.2, 0.25) is 0 Å². The van der Waals surface area contributed by atoms with Crippen LogP contribution in [0.4, 0.5) is 19.2 Å². The third kappa shape index (κ3) is 27.2. The first kappa shape index (κ1) is 72.1. The van der Waals surface area contributed by atoms with Crippen LogP contribution in [0.5, 0.6) is 0 Å². The average Bonchev–Trinajstić information content (AvgIpc) is 3.64. The van der Waals surface area contributed by atoms with E-state index in [0.717, 1.165) is 72.1 Å². The largest absolute Gasteiger partial charge is 0.549 e. The van der Waals surface area contributed by atoms with Crippen LogP contribution in [0, 0.1) is 11.8 Å². The molecular formula is C64H82O20Si4. The third-order valence-corrected chi connectivity index (χ3v) is 21.5.